The lowest BCUT2D eigenvalue weighted by molar-refractivity contribution is 0.292. The fraction of sp³-hybridized carbons (Fsp3) is 0.556. The van der Waals surface area contributed by atoms with Gasteiger partial charge in [0.2, 0.25) is 0 Å². The van der Waals surface area contributed by atoms with Gasteiger partial charge in [-0.1, -0.05) is 94.7 Å². The van der Waals surface area contributed by atoms with Crippen LogP contribution in [-0.4, -0.2) is 31.9 Å². The molecular weight excluding hydrogens is 436 g/mol. The summed E-state index contributed by atoms with van der Waals surface area (Å²) in [4.78, 5) is 0. The Morgan fingerprint density at radius 1 is 0.667 bits per heavy atom. The molecule has 0 unspecified atom stereocenters. The van der Waals surface area contributed by atoms with Crippen molar-refractivity contribution in [1.82, 2.24) is 0 Å². The van der Waals surface area contributed by atoms with Gasteiger partial charge in [0, 0.05) is 0 Å². The van der Waals surface area contributed by atoms with Crippen molar-refractivity contribution in [2.75, 3.05) is 19.0 Å². The molecule has 0 fully saturated rings. The summed E-state index contributed by atoms with van der Waals surface area (Å²) in [5, 5.41) is 0. The van der Waals surface area contributed by atoms with E-state index in [1.165, 1.54) is 32.1 Å². The largest absolute Gasteiger partial charge is 0.493 e. The van der Waals surface area contributed by atoms with Crippen molar-refractivity contribution in [1.29, 1.82) is 0 Å². The van der Waals surface area contributed by atoms with Gasteiger partial charge in [-0.3, -0.25) is 4.55 Å². The van der Waals surface area contributed by atoms with Gasteiger partial charge in [0.05, 0.1) is 24.5 Å². The first-order valence-electron chi connectivity index (χ1n) is 12.4. The first kappa shape index (κ1) is 27.2. The summed E-state index contributed by atoms with van der Waals surface area (Å²) in [6.07, 6.45) is 11.4. The Morgan fingerprint density at radius 3 is 1.73 bits per heavy atom. The third-order valence-electron chi connectivity index (χ3n) is 5.61. The van der Waals surface area contributed by atoms with Crippen molar-refractivity contribution in [3.63, 3.8) is 0 Å². The van der Waals surface area contributed by atoms with Crippen molar-refractivity contribution in [2.24, 2.45) is 0 Å². The molecule has 0 amide bonds. The first-order chi connectivity index (χ1) is 16.0. The Kier molecular flexibility index (Phi) is 13.0. The van der Waals surface area contributed by atoms with Crippen LogP contribution in [0.15, 0.2) is 48.5 Å². The van der Waals surface area contributed by atoms with Gasteiger partial charge in [0.25, 0.3) is 10.1 Å². The molecule has 6 heteroatoms. The monoisotopic (exact) mass is 476 g/mol. The number of rotatable bonds is 18. The van der Waals surface area contributed by atoms with E-state index in [-0.39, 0.29) is 5.75 Å². The smallest absolute Gasteiger partial charge is 0.264 e. The van der Waals surface area contributed by atoms with E-state index in [1.807, 2.05) is 36.4 Å². The van der Waals surface area contributed by atoms with Crippen LogP contribution >= 0.6 is 0 Å². The maximum Gasteiger partial charge on any atom is 0.264 e. The second-order valence-corrected chi connectivity index (χ2v) is 10.1. The van der Waals surface area contributed by atoms with Gasteiger partial charge in [-0.15, -0.1) is 0 Å². The molecule has 0 radical (unpaired) electrons. The number of benzene rings is 2. The predicted molar refractivity (Wildman–Crippen MR) is 136 cm³/mol. The van der Waals surface area contributed by atoms with Crippen molar-refractivity contribution in [3.05, 3.63) is 48.5 Å². The number of hydrogen-bond donors (Lipinski definition) is 1. The summed E-state index contributed by atoms with van der Waals surface area (Å²) in [5.41, 5.74) is 2.08. The zero-order chi connectivity index (χ0) is 23.8. The fourth-order valence-electron chi connectivity index (χ4n) is 3.80. The van der Waals surface area contributed by atoms with E-state index in [2.05, 4.69) is 19.1 Å². The molecule has 2 aromatic rings. The number of hydrogen-bond acceptors (Lipinski definition) is 4. The summed E-state index contributed by atoms with van der Waals surface area (Å²) in [6, 6.07) is 16.2. The Morgan fingerprint density at radius 2 is 1.18 bits per heavy atom. The maximum absolute atomic E-state index is 10.8. The summed E-state index contributed by atoms with van der Waals surface area (Å²) in [5.74, 6) is 1.53. The highest BCUT2D eigenvalue weighted by Crippen LogP contribution is 2.38. The standard InChI is InChI=1S/C27H40O5S/c1-2-3-4-5-7-13-21-31-25-19-16-20-26(27(25)24-17-11-10-12-18-24)32-22-14-8-6-9-15-23-33(28,29)30/h10-12,16-20H,2-9,13-15,21-23H2,1H3,(H,28,29,30). The molecule has 0 aliphatic rings. The highest BCUT2D eigenvalue weighted by molar-refractivity contribution is 7.85. The molecule has 33 heavy (non-hydrogen) atoms. The number of unbranched alkanes of at least 4 members (excludes halogenated alkanes) is 9. The zero-order valence-corrected chi connectivity index (χ0v) is 20.8. The van der Waals surface area contributed by atoms with Crippen molar-refractivity contribution in [2.45, 2.75) is 77.6 Å². The Balaban J connectivity index is 1.87. The van der Waals surface area contributed by atoms with Crippen LogP contribution in [-0.2, 0) is 10.1 Å². The van der Waals surface area contributed by atoms with Gasteiger partial charge in [-0.05, 0) is 37.0 Å². The average molecular weight is 477 g/mol. The molecule has 0 heterocycles. The van der Waals surface area contributed by atoms with Crippen LogP contribution in [0.25, 0.3) is 11.1 Å². The lowest BCUT2D eigenvalue weighted by Crippen LogP contribution is -2.04. The minimum atomic E-state index is -3.84. The third-order valence-corrected chi connectivity index (χ3v) is 6.41. The minimum absolute atomic E-state index is 0.157. The van der Waals surface area contributed by atoms with E-state index in [4.69, 9.17) is 14.0 Å². The van der Waals surface area contributed by atoms with Gasteiger partial charge < -0.3 is 9.47 Å². The quantitative estimate of drug-likeness (QED) is 0.180. The molecule has 0 saturated carbocycles. The van der Waals surface area contributed by atoms with Gasteiger partial charge in [-0.25, -0.2) is 0 Å². The van der Waals surface area contributed by atoms with Crippen LogP contribution in [0.3, 0.4) is 0 Å². The molecule has 184 valence electrons. The molecule has 0 spiro atoms. The molecular formula is C27H40O5S. The van der Waals surface area contributed by atoms with Crippen LogP contribution in [0.4, 0.5) is 0 Å². The van der Waals surface area contributed by atoms with Crippen molar-refractivity contribution < 1.29 is 22.4 Å². The van der Waals surface area contributed by atoms with E-state index in [1.54, 1.807) is 0 Å². The molecule has 0 bridgehead atoms. The van der Waals surface area contributed by atoms with Gasteiger partial charge >= 0.3 is 0 Å². The lowest BCUT2D eigenvalue weighted by Gasteiger charge is -2.17. The summed E-state index contributed by atoms with van der Waals surface area (Å²) in [7, 11) is -3.84. The van der Waals surface area contributed by atoms with Gasteiger partial charge in [0.15, 0.2) is 0 Å². The first-order valence-corrected chi connectivity index (χ1v) is 14.0. The second kappa shape index (κ2) is 15.7. The Labute approximate surface area is 200 Å². The minimum Gasteiger partial charge on any atom is -0.493 e. The van der Waals surface area contributed by atoms with Crippen molar-refractivity contribution in [3.8, 4) is 22.6 Å². The number of ether oxygens (including phenoxy) is 2. The highest BCUT2D eigenvalue weighted by Gasteiger charge is 2.13. The van der Waals surface area contributed by atoms with E-state index >= 15 is 0 Å². The van der Waals surface area contributed by atoms with E-state index in [0.29, 0.717) is 19.6 Å². The average Bonchev–Trinajstić information content (AvgIpc) is 2.80. The van der Waals surface area contributed by atoms with E-state index in [0.717, 1.165) is 54.7 Å². The molecule has 0 aliphatic heterocycles. The second-order valence-electron chi connectivity index (χ2n) is 8.51. The lowest BCUT2D eigenvalue weighted by atomic mass is 10.0. The maximum atomic E-state index is 10.8. The summed E-state index contributed by atoms with van der Waals surface area (Å²) < 4.78 is 42.6. The van der Waals surface area contributed by atoms with E-state index < -0.39 is 10.1 Å². The van der Waals surface area contributed by atoms with Crippen LogP contribution in [0.5, 0.6) is 11.5 Å². The van der Waals surface area contributed by atoms with Crippen LogP contribution in [0, 0.1) is 0 Å². The van der Waals surface area contributed by atoms with Crippen LogP contribution < -0.4 is 9.47 Å². The topological polar surface area (TPSA) is 72.8 Å². The molecule has 0 saturated heterocycles. The van der Waals surface area contributed by atoms with Crippen LogP contribution in [0.2, 0.25) is 0 Å². The zero-order valence-electron chi connectivity index (χ0n) is 20.0. The van der Waals surface area contributed by atoms with Gasteiger partial charge in [-0.2, -0.15) is 8.42 Å². The SMILES string of the molecule is CCCCCCCCOc1cccc(OCCCCCCCS(=O)(=O)O)c1-c1ccccc1. The predicted octanol–water partition coefficient (Wildman–Crippen LogP) is 7.31. The molecule has 0 aliphatic carbocycles. The van der Waals surface area contributed by atoms with Gasteiger partial charge in [0.1, 0.15) is 11.5 Å². The fourth-order valence-corrected chi connectivity index (χ4v) is 4.37. The molecule has 0 aromatic heterocycles. The summed E-state index contributed by atoms with van der Waals surface area (Å²) >= 11 is 0. The summed E-state index contributed by atoms with van der Waals surface area (Å²) in [6.45, 7) is 3.54. The van der Waals surface area contributed by atoms with E-state index in [9.17, 15) is 8.42 Å². The van der Waals surface area contributed by atoms with Crippen molar-refractivity contribution >= 4 is 10.1 Å². The molecule has 2 aromatic carbocycles. The molecule has 1 N–H and O–H groups in total. The normalized spacial score (nSPS) is 11.5. The molecule has 2 rings (SSSR count). The molecule has 0 atom stereocenters. The molecule has 5 nitrogen and oxygen atoms in total. The van der Waals surface area contributed by atoms with Crippen LogP contribution in [0.1, 0.15) is 77.6 Å². The third kappa shape index (κ3) is 11.6. The Hall–Kier alpha value is -2.05. The Bertz CT molecular complexity index is 881. The highest BCUT2D eigenvalue weighted by atomic mass is 32.2.